The highest BCUT2D eigenvalue weighted by Crippen LogP contribution is 2.26. The summed E-state index contributed by atoms with van der Waals surface area (Å²) in [4.78, 5) is 11.9. The lowest BCUT2D eigenvalue weighted by molar-refractivity contribution is 0.0693. The summed E-state index contributed by atoms with van der Waals surface area (Å²) in [5.41, 5.74) is 2.40. The number of aromatic carboxylic acids is 1. The number of carboxylic acids is 1. The summed E-state index contributed by atoms with van der Waals surface area (Å²) < 4.78 is 1.83. The van der Waals surface area contributed by atoms with Crippen LogP contribution in [0.25, 0.3) is 0 Å². The van der Waals surface area contributed by atoms with Crippen molar-refractivity contribution < 1.29 is 9.90 Å². The molecule has 0 aliphatic rings. The first kappa shape index (κ1) is 12.7. The van der Waals surface area contributed by atoms with E-state index in [2.05, 4.69) is 5.10 Å². The summed E-state index contributed by atoms with van der Waals surface area (Å²) >= 11 is 1.51. The fourth-order valence-electron chi connectivity index (χ4n) is 1.72. The third-order valence-corrected chi connectivity index (χ3v) is 3.70. The Morgan fingerprint density at radius 3 is 2.78 bits per heavy atom. The van der Waals surface area contributed by atoms with E-state index in [0.717, 1.165) is 16.3 Å². The van der Waals surface area contributed by atoms with Gasteiger partial charge in [0.25, 0.3) is 0 Å². The molecule has 2 rings (SSSR count). The summed E-state index contributed by atoms with van der Waals surface area (Å²) in [6.45, 7) is 1.94. The fourth-order valence-corrected chi connectivity index (χ4v) is 2.78. The molecule has 0 bridgehead atoms. The zero-order valence-corrected chi connectivity index (χ0v) is 11.1. The van der Waals surface area contributed by atoms with Gasteiger partial charge in [0.1, 0.15) is 0 Å². The summed E-state index contributed by atoms with van der Waals surface area (Å²) in [5, 5.41) is 13.4. The largest absolute Gasteiger partial charge is 0.478 e. The van der Waals surface area contributed by atoms with Crippen LogP contribution in [0.2, 0.25) is 0 Å². The molecule has 0 radical (unpaired) electrons. The van der Waals surface area contributed by atoms with Crippen molar-refractivity contribution in [2.24, 2.45) is 7.05 Å². The standard InChI is InChI=1S/C13H14N2O2S/c1-9-7-10(15(2)14-9)8-18-12-6-4-3-5-11(12)13(16)17/h3-7H,8H2,1-2H3,(H,16,17). The van der Waals surface area contributed by atoms with Crippen LogP contribution in [0, 0.1) is 6.92 Å². The maximum Gasteiger partial charge on any atom is 0.336 e. The Morgan fingerprint density at radius 2 is 2.17 bits per heavy atom. The minimum atomic E-state index is -0.890. The van der Waals surface area contributed by atoms with Gasteiger partial charge in [0.15, 0.2) is 0 Å². The van der Waals surface area contributed by atoms with Crippen LogP contribution in [0.3, 0.4) is 0 Å². The van der Waals surface area contributed by atoms with E-state index in [1.165, 1.54) is 11.8 Å². The van der Waals surface area contributed by atoms with Crippen molar-refractivity contribution in [3.8, 4) is 0 Å². The molecule has 4 nitrogen and oxygen atoms in total. The van der Waals surface area contributed by atoms with Crippen LogP contribution < -0.4 is 0 Å². The molecular formula is C13H14N2O2S. The van der Waals surface area contributed by atoms with Gasteiger partial charge in [-0.15, -0.1) is 11.8 Å². The number of benzene rings is 1. The van der Waals surface area contributed by atoms with Gasteiger partial charge in [-0.25, -0.2) is 4.79 Å². The zero-order valence-electron chi connectivity index (χ0n) is 10.3. The lowest BCUT2D eigenvalue weighted by atomic mass is 10.2. The van der Waals surface area contributed by atoms with Gasteiger partial charge in [-0.3, -0.25) is 4.68 Å². The van der Waals surface area contributed by atoms with E-state index in [1.807, 2.05) is 36.9 Å². The monoisotopic (exact) mass is 262 g/mol. The highest BCUT2D eigenvalue weighted by Gasteiger charge is 2.10. The number of rotatable bonds is 4. The molecular weight excluding hydrogens is 248 g/mol. The highest BCUT2D eigenvalue weighted by molar-refractivity contribution is 7.98. The van der Waals surface area contributed by atoms with Crippen molar-refractivity contribution in [3.05, 3.63) is 47.3 Å². The van der Waals surface area contributed by atoms with E-state index in [0.29, 0.717) is 11.3 Å². The number of carboxylic acid groups (broad SMARTS) is 1. The van der Waals surface area contributed by atoms with Crippen LogP contribution in [-0.4, -0.2) is 20.9 Å². The number of aryl methyl sites for hydroxylation is 2. The Bertz CT molecular complexity index is 578. The fraction of sp³-hybridized carbons (Fsp3) is 0.231. The molecule has 0 unspecified atom stereocenters. The molecule has 0 saturated carbocycles. The first-order valence-electron chi connectivity index (χ1n) is 5.52. The molecule has 18 heavy (non-hydrogen) atoms. The third kappa shape index (κ3) is 2.73. The molecule has 0 spiro atoms. The first-order valence-corrected chi connectivity index (χ1v) is 6.51. The molecule has 0 fully saturated rings. The Balaban J connectivity index is 2.15. The number of thioether (sulfide) groups is 1. The summed E-state index contributed by atoms with van der Waals surface area (Å²) in [6.07, 6.45) is 0. The molecule has 1 aromatic carbocycles. The van der Waals surface area contributed by atoms with Gasteiger partial charge in [-0.2, -0.15) is 5.10 Å². The quantitative estimate of drug-likeness (QED) is 0.861. The Hall–Kier alpha value is -1.75. The molecule has 0 atom stereocenters. The van der Waals surface area contributed by atoms with E-state index in [4.69, 9.17) is 5.11 Å². The molecule has 1 N–H and O–H groups in total. The second-order valence-electron chi connectivity index (χ2n) is 3.99. The van der Waals surface area contributed by atoms with Crippen molar-refractivity contribution in [2.45, 2.75) is 17.6 Å². The second-order valence-corrected chi connectivity index (χ2v) is 5.01. The van der Waals surface area contributed by atoms with Gasteiger partial charge in [-0.05, 0) is 25.1 Å². The van der Waals surface area contributed by atoms with Gasteiger partial charge in [0.05, 0.1) is 11.3 Å². The minimum Gasteiger partial charge on any atom is -0.478 e. The smallest absolute Gasteiger partial charge is 0.336 e. The SMILES string of the molecule is Cc1cc(CSc2ccccc2C(=O)O)n(C)n1. The molecule has 0 amide bonds. The van der Waals surface area contributed by atoms with E-state index < -0.39 is 5.97 Å². The van der Waals surface area contributed by atoms with E-state index in [9.17, 15) is 4.79 Å². The maximum absolute atomic E-state index is 11.1. The predicted molar refractivity (Wildman–Crippen MR) is 70.9 cm³/mol. The predicted octanol–water partition coefficient (Wildman–Crippen LogP) is 2.72. The average Bonchev–Trinajstić information content (AvgIpc) is 2.65. The molecule has 0 saturated heterocycles. The molecule has 0 aliphatic heterocycles. The van der Waals surface area contributed by atoms with Gasteiger partial charge < -0.3 is 5.11 Å². The number of hydrogen-bond acceptors (Lipinski definition) is 3. The normalized spacial score (nSPS) is 10.6. The summed E-state index contributed by atoms with van der Waals surface area (Å²) in [5.74, 6) is -0.180. The van der Waals surface area contributed by atoms with E-state index in [1.54, 1.807) is 12.1 Å². The van der Waals surface area contributed by atoms with Gasteiger partial charge in [0.2, 0.25) is 0 Å². The Morgan fingerprint density at radius 1 is 1.44 bits per heavy atom. The molecule has 0 aliphatic carbocycles. The average molecular weight is 262 g/mol. The topological polar surface area (TPSA) is 55.1 Å². The van der Waals surface area contributed by atoms with Crippen LogP contribution in [0.15, 0.2) is 35.2 Å². The zero-order chi connectivity index (χ0) is 13.1. The van der Waals surface area contributed by atoms with Crippen molar-refractivity contribution >= 4 is 17.7 Å². The van der Waals surface area contributed by atoms with Crippen molar-refractivity contribution in [1.29, 1.82) is 0 Å². The van der Waals surface area contributed by atoms with E-state index >= 15 is 0 Å². The molecule has 1 aromatic heterocycles. The summed E-state index contributed by atoms with van der Waals surface area (Å²) in [6, 6.07) is 9.05. The van der Waals surface area contributed by atoms with Crippen molar-refractivity contribution in [2.75, 3.05) is 0 Å². The molecule has 2 aromatic rings. The number of nitrogens with zero attached hydrogens (tertiary/aromatic N) is 2. The Kier molecular flexibility index (Phi) is 3.72. The minimum absolute atomic E-state index is 0.349. The van der Waals surface area contributed by atoms with Gasteiger partial charge in [-0.1, -0.05) is 12.1 Å². The van der Waals surface area contributed by atoms with E-state index in [-0.39, 0.29) is 0 Å². The number of hydrogen-bond donors (Lipinski definition) is 1. The lowest BCUT2D eigenvalue weighted by Gasteiger charge is -2.05. The van der Waals surface area contributed by atoms with Gasteiger partial charge in [0, 0.05) is 23.4 Å². The molecule has 1 heterocycles. The van der Waals surface area contributed by atoms with Crippen molar-refractivity contribution in [1.82, 2.24) is 9.78 Å². The third-order valence-electron chi connectivity index (χ3n) is 2.59. The second kappa shape index (κ2) is 5.27. The molecule has 94 valence electrons. The first-order chi connectivity index (χ1) is 8.58. The lowest BCUT2D eigenvalue weighted by Crippen LogP contribution is -2.00. The van der Waals surface area contributed by atoms with Gasteiger partial charge >= 0.3 is 5.97 Å². The summed E-state index contributed by atoms with van der Waals surface area (Å²) in [7, 11) is 1.89. The van der Waals surface area contributed by atoms with Crippen LogP contribution in [0.1, 0.15) is 21.7 Å². The van der Waals surface area contributed by atoms with Crippen LogP contribution in [-0.2, 0) is 12.8 Å². The van der Waals surface area contributed by atoms with Crippen LogP contribution in [0.4, 0.5) is 0 Å². The Labute approximate surface area is 110 Å². The van der Waals surface area contributed by atoms with Crippen LogP contribution in [0.5, 0.6) is 0 Å². The number of carbonyl (C=O) groups is 1. The van der Waals surface area contributed by atoms with Crippen molar-refractivity contribution in [3.63, 3.8) is 0 Å². The van der Waals surface area contributed by atoms with Crippen LogP contribution >= 0.6 is 11.8 Å². The maximum atomic E-state index is 11.1. The molecule has 5 heteroatoms. The number of aromatic nitrogens is 2. The highest BCUT2D eigenvalue weighted by atomic mass is 32.2.